The fraction of sp³-hybridized carbons (Fsp3) is 0.389. The molecule has 0 radical (unpaired) electrons. The fourth-order valence-electron chi connectivity index (χ4n) is 3.06. The standard InChI is InChI=1S/C18H20Cl2N4O2S/c1-24-8-2-3-12(24)6-7-21-17(26)15-10-27-18(22-15)23-16(25)13-5-4-11(19)9-14(13)20/h4-5,9-10,12H,2-3,6-8H2,1H3,(H,21,26)(H,22,23,25). The summed E-state index contributed by atoms with van der Waals surface area (Å²) in [6.07, 6.45) is 3.30. The lowest BCUT2D eigenvalue weighted by Gasteiger charge is -2.19. The number of thiazole rings is 1. The summed E-state index contributed by atoms with van der Waals surface area (Å²) in [5.74, 6) is -0.640. The first-order chi connectivity index (χ1) is 12.9. The number of hydrogen-bond donors (Lipinski definition) is 2. The third-order valence-corrected chi connectivity index (χ3v) is 5.87. The van der Waals surface area contributed by atoms with Crippen LogP contribution in [0.2, 0.25) is 10.0 Å². The highest BCUT2D eigenvalue weighted by Crippen LogP contribution is 2.23. The minimum atomic E-state index is -0.401. The Morgan fingerprint density at radius 1 is 1.33 bits per heavy atom. The van der Waals surface area contributed by atoms with Gasteiger partial charge in [0.2, 0.25) is 0 Å². The van der Waals surface area contributed by atoms with Gasteiger partial charge in [-0.15, -0.1) is 11.3 Å². The van der Waals surface area contributed by atoms with Crippen LogP contribution >= 0.6 is 34.5 Å². The highest BCUT2D eigenvalue weighted by Gasteiger charge is 2.21. The molecular formula is C18H20Cl2N4O2S. The van der Waals surface area contributed by atoms with Crippen LogP contribution in [0.4, 0.5) is 5.13 Å². The van der Waals surface area contributed by atoms with E-state index in [0.29, 0.717) is 28.3 Å². The Kier molecular flexibility index (Phi) is 6.70. The second-order valence-electron chi connectivity index (χ2n) is 6.44. The molecule has 0 bridgehead atoms. The number of carbonyl (C=O) groups is 2. The molecule has 1 aliphatic rings. The van der Waals surface area contributed by atoms with Crippen molar-refractivity contribution < 1.29 is 9.59 Å². The zero-order chi connectivity index (χ0) is 19.4. The number of halogens is 2. The van der Waals surface area contributed by atoms with Crippen molar-refractivity contribution in [1.29, 1.82) is 0 Å². The highest BCUT2D eigenvalue weighted by molar-refractivity contribution is 7.14. The molecule has 1 fully saturated rings. The second kappa shape index (κ2) is 9.01. The summed E-state index contributed by atoms with van der Waals surface area (Å²) in [6.45, 7) is 1.72. The minimum absolute atomic E-state index is 0.239. The van der Waals surface area contributed by atoms with Crippen molar-refractivity contribution in [3.63, 3.8) is 0 Å². The Morgan fingerprint density at radius 3 is 2.85 bits per heavy atom. The quantitative estimate of drug-likeness (QED) is 0.733. The molecule has 2 N–H and O–H groups in total. The molecule has 1 aliphatic heterocycles. The number of rotatable bonds is 6. The third kappa shape index (κ3) is 5.19. The average Bonchev–Trinajstić information content (AvgIpc) is 3.24. The minimum Gasteiger partial charge on any atom is -0.351 e. The number of benzene rings is 1. The van der Waals surface area contributed by atoms with E-state index in [1.165, 1.54) is 30.2 Å². The van der Waals surface area contributed by atoms with E-state index in [1.54, 1.807) is 17.5 Å². The van der Waals surface area contributed by atoms with Crippen molar-refractivity contribution in [2.24, 2.45) is 0 Å². The van der Waals surface area contributed by atoms with Crippen LogP contribution in [0, 0.1) is 0 Å². The van der Waals surface area contributed by atoms with Crippen LogP contribution in [-0.2, 0) is 0 Å². The van der Waals surface area contributed by atoms with E-state index >= 15 is 0 Å². The number of hydrogen-bond acceptors (Lipinski definition) is 5. The number of amides is 2. The summed E-state index contributed by atoms with van der Waals surface area (Å²) < 4.78 is 0. The molecule has 1 saturated heterocycles. The molecule has 2 aromatic rings. The van der Waals surface area contributed by atoms with Crippen LogP contribution in [0.25, 0.3) is 0 Å². The molecule has 3 rings (SSSR count). The molecule has 0 saturated carbocycles. The van der Waals surface area contributed by atoms with Crippen LogP contribution in [0.15, 0.2) is 23.6 Å². The highest BCUT2D eigenvalue weighted by atomic mass is 35.5. The molecule has 2 heterocycles. The number of carbonyl (C=O) groups excluding carboxylic acids is 2. The lowest BCUT2D eigenvalue weighted by atomic mass is 10.1. The van der Waals surface area contributed by atoms with Gasteiger partial charge in [0.1, 0.15) is 5.69 Å². The zero-order valence-electron chi connectivity index (χ0n) is 14.8. The average molecular weight is 427 g/mol. The van der Waals surface area contributed by atoms with Gasteiger partial charge in [-0.25, -0.2) is 4.98 Å². The van der Waals surface area contributed by atoms with Crippen LogP contribution in [0.3, 0.4) is 0 Å². The molecule has 1 atom stereocenters. The number of likely N-dealkylation sites (tertiary alicyclic amines) is 1. The van der Waals surface area contributed by atoms with Gasteiger partial charge in [0.05, 0.1) is 10.6 Å². The van der Waals surface area contributed by atoms with Gasteiger partial charge >= 0.3 is 0 Å². The molecular weight excluding hydrogens is 407 g/mol. The smallest absolute Gasteiger partial charge is 0.270 e. The van der Waals surface area contributed by atoms with Gasteiger partial charge in [-0.2, -0.15) is 0 Å². The number of aromatic nitrogens is 1. The molecule has 0 spiro atoms. The normalized spacial score (nSPS) is 17.1. The van der Waals surface area contributed by atoms with Gasteiger partial charge in [-0.1, -0.05) is 23.2 Å². The molecule has 1 aromatic carbocycles. The second-order valence-corrected chi connectivity index (χ2v) is 8.14. The predicted molar refractivity (Wildman–Crippen MR) is 109 cm³/mol. The van der Waals surface area contributed by atoms with Crippen molar-refractivity contribution >= 4 is 51.5 Å². The van der Waals surface area contributed by atoms with E-state index in [4.69, 9.17) is 23.2 Å². The van der Waals surface area contributed by atoms with E-state index in [9.17, 15) is 9.59 Å². The first kappa shape index (κ1) is 20.1. The first-order valence-corrected chi connectivity index (χ1v) is 10.3. The van der Waals surface area contributed by atoms with E-state index in [1.807, 2.05) is 0 Å². The number of nitrogens with one attached hydrogen (secondary N) is 2. The van der Waals surface area contributed by atoms with Crippen molar-refractivity contribution in [3.8, 4) is 0 Å². The molecule has 6 nitrogen and oxygen atoms in total. The van der Waals surface area contributed by atoms with Crippen molar-refractivity contribution in [3.05, 3.63) is 44.9 Å². The lowest BCUT2D eigenvalue weighted by molar-refractivity contribution is 0.0944. The van der Waals surface area contributed by atoms with E-state index in [2.05, 4.69) is 27.6 Å². The molecule has 0 aliphatic carbocycles. The summed E-state index contributed by atoms with van der Waals surface area (Å²) >= 11 is 13.1. The molecule has 1 aromatic heterocycles. The number of nitrogens with zero attached hydrogens (tertiary/aromatic N) is 2. The summed E-state index contributed by atoms with van der Waals surface area (Å²) in [5.41, 5.74) is 0.584. The maximum absolute atomic E-state index is 12.3. The predicted octanol–water partition coefficient (Wildman–Crippen LogP) is 3.92. The van der Waals surface area contributed by atoms with Crippen LogP contribution in [-0.4, -0.2) is 47.9 Å². The Bertz CT molecular complexity index is 843. The van der Waals surface area contributed by atoms with Gasteiger partial charge < -0.3 is 10.2 Å². The van der Waals surface area contributed by atoms with Crippen LogP contribution in [0.1, 0.15) is 40.1 Å². The Hall–Kier alpha value is -1.67. The summed E-state index contributed by atoms with van der Waals surface area (Å²) in [6, 6.07) is 5.16. The Labute approximate surface area is 171 Å². The zero-order valence-corrected chi connectivity index (χ0v) is 17.1. The van der Waals surface area contributed by atoms with Crippen molar-refractivity contribution in [1.82, 2.24) is 15.2 Å². The Balaban J connectivity index is 1.52. The van der Waals surface area contributed by atoms with Crippen molar-refractivity contribution in [2.75, 3.05) is 25.5 Å². The maximum atomic E-state index is 12.3. The maximum Gasteiger partial charge on any atom is 0.270 e. The van der Waals surface area contributed by atoms with Gasteiger partial charge in [0.25, 0.3) is 11.8 Å². The topological polar surface area (TPSA) is 74.3 Å². The first-order valence-electron chi connectivity index (χ1n) is 8.64. The monoisotopic (exact) mass is 426 g/mol. The van der Waals surface area contributed by atoms with Gasteiger partial charge in [0, 0.05) is 23.0 Å². The molecule has 1 unspecified atom stereocenters. The fourth-order valence-corrected chi connectivity index (χ4v) is 4.24. The van der Waals surface area contributed by atoms with E-state index < -0.39 is 5.91 Å². The van der Waals surface area contributed by atoms with Crippen LogP contribution < -0.4 is 10.6 Å². The lowest BCUT2D eigenvalue weighted by Crippen LogP contribution is -2.31. The Morgan fingerprint density at radius 2 is 2.15 bits per heavy atom. The van der Waals surface area contributed by atoms with E-state index in [-0.39, 0.29) is 16.6 Å². The van der Waals surface area contributed by atoms with Crippen molar-refractivity contribution in [2.45, 2.75) is 25.3 Å². The van der Waals surface area contributed by atoms with Gasteiger partial charge in [-0.05, 0) is 51.1 Å². The largest absolute Gasteiger partial charge is 0.351 e. The summed E-state index contributed by atoms with van der Waals surface area (Å²) in [7, 11) is 2.11. The van der Waals surface area contributed by atoms with E-state index in [0.717, 1.165) is 13.0 Å². The SMILES string of the molecule is CN1CCCC1CCNC(=O)c1csc(NC(=O)c2ccc(Cl)cc2Cl)n1. The summed E-state index contributed by atoms with van der Waals surface area (Å²) in [5, 5.41) is 8.21. The molecule has 9 heteroatoms. The molecule has 2 amide bonds. The summed E-state index contributed by atoms with van der Waals surface area (Å²) in [4.78, 5) is 31.0. The molecule has 144 valence electrons. The van der Waals surface area contributed by atoms with Gasteiger partial charge in [-0.3, -0.25) is 14.9 Å². The third-order valence-electron chi connectivity index (χ3n) is 4.57. The van der Waals surface area contributed by atoms with Crippen LogP contribution in [0.5, 0.6) is 0 Å². The number of anilines is 1. The molecule has 27 heavy (non-hydrogen) atoms. The van der Waals surface area contributed by atoms with Gasteiger partial charge in [0.15, 0.2) is 5.13 Å².